The van der Waals surface area contributed by atoms with Crippen molar-refractivity contribution in [3.63, 3.8) is 0 Å². The van der Waals surface area contributed by atoms with Gasteiger partial charge < -0.3 is 15.7 Å². The average Bonchev–Trinajstić information content (AvgIpc) is 2.94. The molecule has 23 heavy (non-hydrogen) atoms. The number of rotatable bonds is 5. The average molecular weight is 338 g/mol. The lowest BCUT2D eigenvalue weighted by molar-refractivity contribution is -0.148. The summed E-state index contributed by atoms with van der Waals surface area (Å²) in [6.45, 7) is 1.56. The van der Waals surface area contributed by atoms with Crippen LogP contribution in [-0.2, 0) is 9.59 Å². The lowest BCUT2D eigenvalue weighted by Gasteiger charge is -2.30. The predicted molar refractivity (Wildman–Crippen MR) is 87.5 cm³/mol. The van der Waals surface area contributed by atoms with Gasteiger partial charge in [0.05, 0.1) is 4.88 Å². The van der Waals surface area contributed by atoms with Crippen molar-refractivity contribution in [3.8, 4) is 0 Å². The zero-order valence-corrected chi connectivity index (χ0v) is 13.9. The Morgan fingerprint density at radius 3 is 2.39 bits per heavy atom. The van der Waals surface area contributed by atoms with Crippen LogP contribution in [0.1, 0.15) is 55.1 Å². The van der Waals surface area contributed by atoms with E-state index in [2.05, 4.69) is 10.6 Å². The molecule has 1 atom stereocenters. The van der Waals surface area contributed by atoms with E-state index in [0.717, 1.165) is 25.7 Å². The number of carboxylic acid groups (broad SMARTS) is 1. The number of thiophene rings is 1. The van der Waals surface area contributed by atoms with Crippen molar-refractivity contribution in [2.75, 3.05) is 0 Å². The Kier molecular flexibility index (Phi) is 5.76. The maximum absolute atomic E-state index is 12.4. The molecule has 0 radical (unpaired) electrons. The fourth-order valence-electron chi connectivity index (χ4n) is 2.81. The van der Waals surface area contributed by atoms with Gasteiger partial charge in [0.2, 0.25) is 5.91 Å². The Balaban J connectivity index is 2.00. The number of aliphatic carboxylic acids is 1. The van der Waals surface area contributed by atoms with Crippen molar-refractivity contribution in [1.29, 1.82) is 0 Å². The second-order valence-corrected chi connectivity index (χ2v) is 6.91. The highest BCUT2D eigenvalue weighted by Crippen LogP contribution is 2.27. The molecule has 1 aromatic heterocycles. The first-order valence-electron chi connectivity index (χ1n) is 7.84. The Labute approximate surface area is 139 Å². The van der Waals surface area contributed by atoms with Gasteiger partial charge in [0.15, 0.2) is 0 Å². The second kappa shape index (κ2) is 7.59. The molecule has 7 heteroatoms. The number of hydrogen-bond acceptors (Lipinski definition) is 4. The largest absolute Gasteiger partial charge is 0.480 e. The third kappa shape index (κ3) is 4.31. The van der Waals surface area contributed by atoms with Gasteiger partial charge in [0.25, 0.3) is 5.91 Å². The number of carbonyl (C=O) groups excluding carboxylic acids is 2. The third-order valence-corrected chi connectivity index (χ3v) is 5.08. The molecule has 2 rings (SSSR count). The normalized spacial score (nSPS) is 18.5. The van der Waals surface area contributed by atoms with Crippen LogP contribution in [0.5, 0.6) is 0 Å². The number of carbonyl (C=O) groups is 3. The van der Waals surface area contributed by atoms with Crippen molar-refractivity contribution in [2.24, 2.45) is 0 Å². The van der Waals surface area contributed by atoms with Crippen molar-refractivity contribution < 1.29 is 19.5 Å². The quantitative estimate of drug-likeness (QED) is 0.717. The maximum Gasteiger partial charge on any atom is 0.329 e. The van der Waals surface area contributed by atoms with E-state index in [4.69, 9.17) is 0 Å². The van der Waals surface area contributed by atoms with Gasteiger partial charge in [-0.15, -0.1) is 11.3 Å². The zero-order chi connectivity index (χ0) is 16.9. The molecule has 3 N–H and O–H groups in total. The van der Waals surface area contributed by atoms with Crippen LogP contribution in [-0.4, -0.2) is 34.5 Å². The van der Waals surface area contributed by atoms with Crippen LogP contribution in [0.15, 0.2) is 17.5 Å². The van der Waals surface area contributed by atoms with Gasteiger partial charge >= 0.3 is 5.97 Å². The van der Waals surface area contributed by atoms with E-state index in [9.17, 15) is 19.5 Å². The standard InChI is InChI=1S/C16H22N2O4S/c1-11(17-14(20)12-7-6-10-23-12)13(19)18-16(15(21)22)8-4-2-3-5-9-16/h6-7,10-11H,2-5,8-9H2,1H3,(H,17,20)(H,18,19)(H,21,22). The molecule has 1 heterocycles. The van der Waals surface area contributed by atoms with E-state index in [0.29, 0.717) is 17.7 Å². The summed E-state index contributed by atoms with van der Waals surface area (Å²) in [6.07, 6.45) is 4.38. The van der Waals surface area contributed by atoms with Crippen molar-refractivity contribution in [3.05, 3.63) is 22.4 Å². The molecule has 1 fully saturated rings. The molecule has 0 saturated heterocycles. The first kappa shape index (κ1) is 17.5. The Bertz CT molecular complexity index is 563. The topological polar surface area (TPSA) is 95.5 Å². The highest BCUT2D eigenvalue weighted by Gasteiger charge is 2.40. The second-order valence-electron chi connectivity index (χ2n) is 5.96. The number of carboxylic acids is 1. The molecule has 0 aliphatic heterocycles. The molecule has 1 aliphatic rings. The van der Waals surface area contributed by atoms with Crippen LogP contribution in [0.2, 0.25) is 0 Å². The van der Waals surface area contributed by atoms with E-state index in [1.807, 2.05) is 0 Å². The van der Waals surface area contributed by atoms with Gasteiger partial charge in [-0.05, 0) is 31.2 Å². The van der Waals surface area contributed by atoms with Crippen LogP contribution in [0.4, 0.5) is 0 Å². The third-order valence-electron chi connectivity index (χ3n) is 4.21. The van der Waals surface area contributed by atoms with Gasteiger partial charge in [0, 0.05) is 0 Å². The SMILES string of the molecule is CC(NC(=O)c1cccs1)C(=O)NC1(C(=O)O)CCCCCC1. The van der Waals surface area contributed by atoms with Crippen molar-refractivity contribution in [2.45, 2.75) is 57.0 Å². The van der Waals surface area contributed by atoms with Crippen LogP contribution in [0, 0.1) is 0 Å². The Morgan fingerprint density at radius 2 is 1.87 bits per heavy atom. The summed E-state index contributed by atoms with van der Waals surface area (Å²) in [4.78, 5) is 36.6. The lowest BCUT2D eigenvalue weighted by atomic mass is 9.90. The summed E-state index contributed by atoms with van der Waals surface area (Å²) >= 11 is 1.29. The lowest BCUT2D eigenvalue weighted by Crippen LogP contribution is -2.58. The molecule has 0 aromatic carbocycles. The van der Waals surface area contributed by atoms with E-state index in [-0.39, 0.29) is 5.91 Å². The molecule has 2 amide bonds. The van der Waals surface area contributed by atoms with Gasteiger partial charge in [-0.25, -0.2) is 4.79 Å². The van der Waals surface area contributed by atoms with Crippen molar-refractivity contribution in [1.82, 2.24) is 10.6 Å². The van der Waals surface area contributed by atoms with Gasteiger partial charge in [-0.1, -0.05) is 31.7 Å². The molecule has 0 spiro atoms. The van der Waals surface area contributed by atoms with Crippen LogP contribution >= 0.6 is 11.3 Å². The monoisotopic (exact) mass is 338 g/mol. The van der Waals surface area contributed by atoms with Crippen molar-refractivity contribution >= 4 is 29.1 Å². The minimum absolute atomic E-state index is 0.326. The summed E-state index contributed by atoms with van der Waals surface area (Å²) in [7, 11) is 0. The summed E-state index contributed by atoms with van der Waals surface area (Å²) in [5.74, 6) is -1.78. The first-order valence-corrected chi connectivity index (χ1v) is 8.72. The molecule has 1 aliphatic carbocycles. The molecule has 6 nitrogen and oxygen atoms in total. The number of amides is 2. The fraction of sp³-hybridized carbons (Fsp3) is 0.562. The van der Waals surface area contributed by atoms with Crippen LogP contribution < -0.4 is 10.6 Å². The van der Waals surface area contributed by atoms with E-state index in [1.54, 1.807) is 24.4 Å². The molecule has 126 valence electrons. The predicted octanol–water partition coefficient (Wildman–Crippen LogP) is 2.16. The van der Waals surface area contributed by atoms with Gasteiger partial charge in [0.1, 0.15) is 11.6 Å². The molecule has 1 saturated carbocycles. The number of hydrogen-bond donors (Lipinski definition) is 3. The zero-order valence-electron chi connectivity index (χ0n) is 13.1. The Morgan fingerprint density at radius 1 is 1.22 bits per heavy atom. The molecular formula is C16H22N2O4S. The maximum atomic E-state index is 12.4. The van der Waals surface area contributed by atoms with Gasteiger partial charge in [-0.3, -0.25) is 9.59 Å². The summed E-state index contributed by atoms with van der Waals surface area (Å²) in [5.41, 5.74) is -1.21. The first-order chi connectivity index (χ1) is 10.9. The van der Waals surface area contributed by atoms with Crippen LogP contribution in [0.25, 0.3) is 0 Å². The summed E-state index contributed by atoms with van der Waals surface area (Å²) in [6, 6.07) is 2.65. The Hall–Kier alpha value is -1.89. The molecular weight excluding hydrogens is 316 g/mol. The highest BCUT2D eigenvalue weighted by molar-refractivity contribution is 7.12. The minimum Gasteiger partial charge on any atom is -0.480 e. The summed E-state index contributed by atoms with van der Waals surface area (Å²) in [5, 5.41) is 16.6. The van der Waals surface area contributed by atoms with Crippen LogP contribution in [0.3, 0.4) is 0 Å². The molecule has 1 aromatic rings. The van der Waals surface area contributed by atoms with E-state index >= 15 is 0 Å². The highest BCUT2D eigenvalue weighted by atomic mass is 32.1. The van der Waals surface area contributed by atoms with E-state index < -0.39 is 23.5 Å². The minimum atomic E-state index is -1.21. The summed E-state index contributed by atoms with van der Waals surface area (Å²) < 4.78 is 0. The molecule has 1 unspecified atom stereocenters. The fourth-order valence-corrected chi connectivity index (χ4v) is 3.44. The number of nitrogens with one attached hydrogen (secondary N) is 2. The smallest absolute Gasteiger partial charge is 0.329 e. The molecule has 0 bridgehead atoms. The van der Waals surface area contributed by atoms with E-state index in [1.165, 1.54) is 11.3 Å². The van der Waals surface area contributed by atoms with Gasteiger partial charge in [-0.2, -0.15) is 0 Å².